The Morgan fingerprint density at radius 1 is 1.43 bits per heavy atom. The van der Waals surface area contributed by atoms with Crippen LogP contribution in [0.15, 0.2) is 5.38 Å². The number of rotatable bonds is 5. The van der Waals surface area contributed by atoms with Crippen LogP contribution < -0.4 is 4.72 Å². The van der Waals surface area contributed by atoms with Gasteiger partial charge in [-0.3, -0.25) is 0 Å². The van der Waals surface area contributed by atoms with Crippen molar-refractivity contribution in [2.24, 2.45) is 0 Å². The van der Waals surface area contributed by atoms with Crippen molar-refractivity contribution < 1.29 is 13.5 Å². The first-order valence-corrected chi connectivity index (χ1v) is 9.74. The van der Waals surface area contributed by atoms with Gasteiger partial charge in [0, 0.05) is 23.8 Å². The first-order chi connectivity index (χ1) is 9.70. The molecule has 1 heterocycles. The topological polar surface area (TPSA) is 79.3 Å². The van der Waals surface area contributed by atoms with Gasteiger partial charge in [-0.15, -0.1) is 11.3 Å². The summed E-state index contributed by atoms with van der Waals surface area (Å²) in [6.45, 7) is 6.66. The molecule has 0 amide bonds. The first kappa shape index (κ1) is 16.9. The molecule has 0 saturated heterocycles. The fourth-order valence-corrected chi connectivity index (χ4v) is 5.10. The minimum Gasteiger partial charge on any atom is -0.392 e. The minimum absolute atomic E-state index is 0.0161. The summed E-state index contributed by atoms with van der Waals surface area (Å²) in [5, 5.41) is 12.0. The molecule has 0 radical (unpaired) electrons. The Bertz CT molecular complexity index is 575. The number of nitrogens with zero attached hydrogens (tertiary/aromatic N) is 1. The third kappa shape index (κ3) is 4.25. The van der Waals surface area contributed by atoms with Crippen molar-refractivity contribution in [3.05, 3.63) is 16.1 Å². The van der Waals surface area contributed by atoms with E-state index in [1.165, 1.54) is 0 Å². The molecule has 120 valence electrons. The molecule has 0 aromatic carbocycles. The zero-order valence-electron chi connectivity index (χ0n) is 12.8. The summed E-state index contributed by atoms with van der Waals surface area (Å²) in [6, 6.07) is 0. The van der Waals surface area contributed by atoms with E-state index in [2.05, 4.69) is 30.5 Å². The lowest BCUT2D eigenvalue weighted by atomic mass is 9.93. The number of aromatic nitrogens is 1. The predicted molar refractivity (Wildman–Crippen MR) is 85.1 cm³/mol. The Hall–Kier alpha value is -0.500. The van der Waals surface area contributed by atoms with Crippen LogP contribution in [0.1, 0.15) is 50.7 Å². The van der Waals surface area contributed by atoms with Gasteiger partial charge in [-0.05, 0) is 19.3 Å². The lowest BCUT2D eigenvalue weighted by molar-refractivity contribution is 0.184. The van der Waals surface area contributed by atoms with Crippen LogP contribution in [0.3, 0.4) is 0 Å². The number of hydrogen-bond acceptors (Lipinski definition) is 5. The van der Waals surface area contributed by atoms with Crippen LogP contribution in [0.2, 0.25) is 0 Å². The monoisotopic (exact) mass is 332 g/mol. The molecule has 0 spiro atoms. The van der Waals surface area contributed by atoms with Crippen molar-refractivity contribution in [3.63, 3.8) is 0 Å². The maximum absolute atomic E-state index is 12.1. The van der Waals surface area contributed by atoms with Gasteiger partial charge >= 0.3 is 0 Å². The number of hydrogen-bond donors (Lipinski definition) is 2. The molecular formula is C14H24N2O3S2. The van der Waals surface area contributed by atoms with Crippen LogP contribution in [0.4, 0.5) is 0 Å². The molecule has 1 aromatic rings. The van der Waals surface area contributed by atoms with Gasteiger partial charge in [-0.1, -0.05) is 20.8 Å². The highest BCUT2D eigenvalue weighted by Gasteiger charge is 2.35. The second-order valence-electron chi connectivity index (χ2n) is 6.60. The summed E-state index contributed by atoms with van der Waals surface area (Å²) in [6.07, 6.45) is 1.75. The number of aliphatic hydroxyl groups excluding tert-OH is 1. The standard InChI is InChI=1S/C14H24N2O3S2/c1-14(2,3)12-9-20-13(16-12)7-8-15-21(18,19)11-6-4-5-10(11)17/h9-11,15,17H,4-8H2,1-3H3/t10-,11-/m1/s1. The molecule has 1 fully saturated rings. The normalized spacial score (nSPS) is 23.6. The molecular weight excluding hydrogens is 308 g/mol. The molecule has 7 heteroatoms. The van der Waals surface area contributed by atoms with E-state index in [0.29, 0.717) is 25.8 Å². The fourth-order valence-electron chi connectivity index (χ4n) is 2.45. The molecule has 2 N–H and O–H groups in total. The molecule has 2 rings (SSSR count). The SMILES string of the molecule is CC(C)(C)c1csc(CCNS(=O)(=O)[C@@H]2CCC[C@H]2O)n1. The summed E-state index contributed by atoms with van der Waals surface area (Å²) < 4.78 is 26.8. The Labute approximate surface area is 130 Å². The average molecular weight is 332 g/mol. The second-order valence-corrected chi connectivity index (χ2v) is 9.53. The van der Waals surface area contributed by atoms with E-state index >= 15 is 0 Å². The minimum atomic E-state index is -3.42. The lowest BCUT2D eigenvalue weighted by Crippen LogP contribution is -2.39. The first-order valence-electron chi connectivity index (χ1n) is 7.31. The summed E-state index contributed by atoms with van der Waals surface area (Å²) >= 11 is 1.56. The van der Waals surface area contributed by atoms with E-state index < -0.39 is 21.4 Å². The Balaban J connectivity index is 1.88. The molecule has 1 saturated carbocycles. The van der Waals surface area contributed by atoms with E-state index in [1.807, 2.05) is 5.38 Å². The summed E-state index contributed by atoms with van der Waals surface area (Å²) in [4.78, 5) is 4.55. The summed E-state index contributed by atoms with van der Waals surface area (Å²) in [7, 11) is -3.42. The van der Waals surface area contributed by atoms with E-state index in [1.54, 1.807) is 11.3 Å². The number of aliphatic hydroxyl groups is 1. The largest absolute Gasteiger partial charge is 0.392 e. The van der Waals surface area contributed by atoms with Gasteiger partial charge in [0.2, 0.25) is 10.0 Å². The maximum atomic E-state index is 12.1. The van der Waals surface area contributed by atoms with Crippen molar-refractivity contribution in [2.45, 2.75) is 63.2 Å². The van der Waals surface area contributed by atoms with Crippen LogP contribution in [0.25, 0.3) is 0 Å². The number of sulfonamides is 1. The highest BCUT2D eigenvalue weighted by molar-refractivity contribution is 7.90. The quantitative estimate of drug-likeness (QED) is 0.862. The lowest BCUT2D eigenvalue weighted by Gasteiger charge is -2.16. The van der Waals surface area contributed by atoms with Crippen molar-refractivity contribution in [1.29, 1.82) is 0 Å². The molecule has 1 aromatic heterocycles. The molecule has 5 nitrogen and oxygen atoms in total. The van der Waals surface area contributed by atoms with Gasteiger partial charge in [0.05, 0.1) is 16.8 Å². The van der Waals surface area contributed by atoms with Crippen LogP contribution in [0, 0.1) is 0 Å². The number of thiazole rings is 1. The smallest absolute Gasteiger partial charge is 0.217 e. The molecule has 0 aliphatic heterocycles. The van der Waals surface area contributed by atoms with E-state index in [0.717, 1.165) is 17.1 Å². The molecule has 21 heavy (non-hydrogen) atoms. The zero-order chi connectivity index (χ0) is 15.7. The molecule has 0 unspecified atom stereocenters. The van der Waals surface area contributed by atoms with Crippen LogP contribution in [-0.4, -0.2) is 36.4 Å². The third-order valence-electron chi connectivity index (χ3n) is 3.78. The van der Waals surface area contributed by atoms with Gasteiger partial charge in [-0.25, -0.2) is 18.1 Å². The van der Waals surface area contributed by atoms with Gasteiger partial charge in [-0.2, -0.15) is 0 Å². The highest BCUT2D eigenvalue weighted by atomic mass is 32.2. The average Bonchev–Trinajstić information content (AvgIpc) is 2.97. The Morgan fingerprint density at radius 3 is 2.67 bits per heavy atom. The van der Waals surface area contributed by atoms with Crippen LogP contribution >= 0.6 is 11.3 Å². The summed E-state index contributed by atoms with van der Waals surface area (Å²) in [5.74, 6) is 0. The summed E-state index contributed by atoms with van der Waals surface area (Å²) in [5.41, 5.74) is 1.05. The van der Waals surface area contributed by atoms with Crippen LogP contribution in [-0.2, 0) is 21.9 Å². The predicted octanol–water partition coefficient (Wildman–Crippen LogP) is 1.82. The van der Waals surface area contributed by atoms with E-state index in [9.17, 15) is 13.5 Å². The van der Waals surface area contributed by atoms with Gasteiger partial charge in [0.25, 0.3) is 0 Å². The van der Waals surface area contributed by atoms with Crippen molar-refractivity contribution in [2.75, 3.05) is 6.54 Å². The van der Waals surface area contributed by atoms with Crippen molar-refractivity contribution in [3.8, 4) is 0 Å². The number of nitrogens with one attached hydrogen (secondary N) is 1. The Morgan fingerprint density at radius 2 is 2.14 bits per heavy atom. The second kappa shape index (κ2) is 6.32. The van der Waals surface area contributed by atoms with E-state index in [-0.39, 0.29) is 5.41 Å². The van der Waals surface area contributed by atoms with Gasteiger partial charge in [0.1, 0.15) is 5.25 Å². The molecule has 1 aliphatic rings. The zero-order valence-corrected chi connectivity index (χ0v) is 14.4. The van der Waals surface area contributed by atoms with E-state index in [4.69, 9.17) is 0 Å². The Kier molecular flexibility index (Phi) is 5.07. The molecule has 2 atom stereocenters. The van der Waals surface area contributed by atoms with Crippen LogP contribution in [0.5, 0.6) is 0 Å². The third-order valence-corrected chi connectivity index (χ3v) is 6.64. The fraction of sp³-hybridized carbons (Fsp3) is 0.786. The van der Waals surface area contributed by atoms with Crippen molar-refractivity contribution >= 4 is 21.4 Å². The van der Waals surface area contributed by atoms with Gasteiger partial charge < -0.3 is 5.11 Å². The van der Waals surface area contributed by atoms with Gasteiger partial charge in [0.15, 0.2) is 0 Å². The highest BCUT2D eigenvalue weighted by Crippen LogP contribution is 2.25. The maximum Gasteiger partial charge on any atom is 0.217 e. The molecule has 0 bridgehead atoms. The van der Waals surface area contributed by atoms with Crippen molar-refractivity contribution in [1.82, 2.24) is 9.71 Å². The molecule has 1 aliphatic carbocycles.